The van der Waals surface area contributed by atoms with Gasteiger partial charge in [0.15, 0.2) is 0 Å². The number of aromatic nitrogens is 2. The zero-order valence-corrected chi connectivity index (χ0v) is 10.8. The first-order chi connectivity index (χ1) is 8.67. The minimum atomic E-state index is 0.569. The van der Waals surface area contributed by atoms with Gasteiger partial charge in [0.1, 0.15) is 11.6 Å². The first-order valence-corrected chi connectivity index (χ1v) is 6.01. The smallest absolute Gasteiger partial charge is 0.130 e. The average Bonchev–Trinajstić information content (AvgIpc) is 2.35. The Hall–Kier alpha value is -1.94. The van der Waals surface area contributed by atoms with E-state index in [2.05, 4.69) is 27.4 Å². The zero-order valence-electron chi connectivity index (χ0n) is 10.8. The summed E-state index contributed by atoms with van der Waals surface area (Å²) in [6, 6.07) is 10.2. The molecule has 0 radical (unpaired) electrons. The molecule has 2 rings (SSSR count). The molecule has 0 aliphatic rings. The van der Waals surface area contributed by atoms with Crippen molar-refractivity contribution >= 4 is 5.82 Å². The van der Waals surface area contributed by atoms with Gasteiger partial charge in [-0.25, -0.2) is 9.97 Å². The van der Waals surface area contributed by atoms with E-state index in [0.29, 0.717) is 6.54 Å². The number of benzene rings is 1. The molecule has 0 saturated carbocycles. The van der Waals surface area contributed by atoms with E-state index in [-0.39, 0.29) is 0 Å². The Morgan fingerprint density at radius 2 is 1.89 bits per heavy atom. The highest BCUT2D eigenvalue weighted by atomic mass is 15.0. The van der Waals surface area contributed by atoms with Crippen LogP contribution in [0.1, 0.15) is 22.6 Å². The Morgan fingerprint density at radius 1 is 1.11 bits per heavy atom. The maximum atomic E-state index is 5.62. The van der Waals surface area contributed by atoms with E-state index >= 15 is 0 Å². The second-order valence-corrected chi connectivity index (χ2v) is 4.32. The second kappa shape index (κ2) is 5.60. The van der Waals surface area contributed by atoms with Crippen LogP contribution < -0.4 is 11.1 Å². The van der Waals surface area contributed by atoms with E-state index in [0.717, 1.165) is 29.4 Å². The Bertz CT molecular complexity index is 517. The summed E-state index contributed by atoms with van der Waals surface area (Å²) < 4.78 is 0. The molecule has 94 valence electrons. The van der Waals surface area contributed by atoms with Crippen molar-refractivity contribution in [3.05, 3.63) is 53.0 Å². The van der Waals surface area contributed by atoms with Gasteiger partial charge in [-0.2, -0.15) is 0 Å². The van der Waals surface area contributed by atoms with Gasteiger partial charge in [0.25, 0.3) is 0 Å². The minimum Gasteiger partial charge on any atom is -0.366 e. The summed E-state index contributed by atoms with van der Waals surface area (Å²) in [6.45, 7) is 5.17. The second-order valence-electron chi connectivity index (χ2n) is 4.32. The SMILES string of the molecule is Cc1cc(NCc2cccc(CN)c2)nc(C)n1. The number of nitrogens with zero attached hydrogens (tertiary/aromatic N) is 2. The van der Waals surface area contributed by atoms with Gasteiger partial charge in [0.2, 0.25) is 0 Å². The molecule has 4 heteroatoms. The standard InChI is InChI=1S/C14H18N4/c1-10-6-14(18-11(2)17-10)16-9-13-5-3-4-12(7-13)8-15/h3-7H,8-9,15H2,1-2H3,(H,16,17,18). The van der Waals surface area contributed by atoms with Crippen LogP contribution in [-0.4, -0.2) is 9.97 Å². The number of aryl methyl sites for hydroxylation is 2. The average molecular weight is 242 g/mol. The highest BCUT2D eigenvalue weighted by Crippen LogP contribution is 2.09. The third-order valence-electron chi connectivity index (χ3n) is 2.67. The lowest BCUT2D eigenvalue weighted by Gasteiger charge is -2.08. The predicted molar refractivity (Wildman–Crippen MR) is 73.2 cm³/mol. The van der Waals surface area contributed by atoms with E-state index in [1.165, 1.54) is 5.56 Å². The van der Waals surface area contributed by atoms with Crippen molar-refractivity contribution in [1.29, 1.82) is 0 Å². The number of rotatable bonds is 4. The Balaban J connectivity index is 2.06. The fourth-order valence-corrected chi connectivity index (χ4v) is 1.87. The number of anilines is 1. The molecule has 1 heterocycles. The molecule has 18 heavy (non-hydrogen) atoms. The van der Waals surface area contributed by atoms with Crippen LogP contribution in [0.4, 0.5) is 5.82 Å². The summed E-state index contributed by atoms with van der Waals surface area (Å²) in [4.78, 5) is 8.59. The normalized spacial score (nSPS) is 10.4. The third kappa shape index (κ3) is 3.28. The van der Waals surface area contributed by atoms with Gasteiger partial charge in [-0.05, 0) is 25.0 Å². The van der Waals surface area contributed by atoms with E-state index in [1.807, 2.05) is 32.0 Å². The summed E-state index contributed by atoms with van der Waals surface area (Å²) in [5.74, 6) is 1.64. The van der Waals surface area contributed by atoms with Crippen LogP contribution in [-0.2, 0) is 13.1 Å². The van der Waals surface area contributed by atoms with Crippen molar-refractivity contribution in [3.8, 4) is 0 Å². The van der Waals surface area contributed by atoms with E-state index < -0.39 is 0 Å². The van der Waals surface area contributed by atoms with E-state index in [1.54, 1.807) is 0 Å². The first-order valence-electron chi connectivity index (χ1n) is 6.01. The van der Waals surface area contributed by atoms with Crippen molar-refractivity contribution in [1.82, 2.24) is 9.97 Å². The Morgan fingerprint density at radius 3 is 2.61 bits per heavy atom. The van der Waals surface area contributed by atoms with Crippen molar-refractivity contribution in [2.45, 2.75) is 26.9 Å². The Kier molecular flexibility index (Phi) is 3.89. The molecule has 1 aromatic carbocycles. The van der Waals surface area contributed by atoms with Gasteiger partial charge in [0, 0.05) is 24.8 Å². The van der Waals surface area contributed by atoms with Crippen LogP contribution in [0.2, 0.25) is 0 Å². The van der Waals surface area contributed by atoms with Crippen molar-refractivity contribution in [2.24, 2.45) is 5.73 Å². The van der Waals surface area contributed by atoms with Gasteiger partial charge in [0.05, 0.1) is 0 Å². The molecular weight excluding hydrogens is 224 g/mol. The van der Waals surface area contributed by atoms with Crippen LogP contribution >= 0.6 is 0 Å². The quantitative estimate of drug-likeness (QED) is 0.862. The summed E-state index contributed by atoms with van der Waals surface area (Å²) in [6.07, 6.45) is 0. The number of hydrogen-bond acceptors (Lipinski definition) is 4. The molecule has 0 aliphatic carbocycles. The van der Waals surface area contributed by atoms with Crippen LogP contribution in [0, 0.1) is 13.8 Å². The molecular formula is C14H18N4. The topological polar surface area (TPSA) is 63.8 Å². The molecule has 3 N–H and O–H groups in total. The van der Waals surface area contributed by atoms with E-state index in [4.69, 9.17) is 5.73 Å². The lowest BCUT2D eigenvalue weighted by Crippen LogP contribution is -2.05. The summed E-state index contributed by atoms with van der Waals surface area (Å²) in [5.41, 5.74) is 8.94. The lowest BCUT2D eigenvalue weighted by molar-refractivity contribution is 0.988. The largest absolute Gasteiger partial charge is 0.366 e. The highest BCUT2D eigenvalue weighted by Gasteiger charge is 1.99. The maximum Gasteiger partial charge on any atom is 0.130 e. The molecule has 0 amide bonds. The molecule has 0 unspecified atom stereocenters. The van der Waals surface area contributed by atoms with Gasteiger partial charge in [-0.1, -0.05) is 24.3 Å². The lowest BCUT2D eigenvalue weighted by atomic mass is 10.1. The van der Waals surface area contributed by atoms with E-state index in [9.17, 15) is 0 Å². The molecule has 0 aliphatic heterocycles. The molecule has 1 aromatic heterocycles. The highest BCUT2D eigenvalue weighted by molar-refractivity contribution is 5.37. The van der Waals surface area contributed by atoms with Crippen LogP contribution in [0.5, 0.6) is 0 Å². The minimum absolute atomic E-state index is 0.569. The zero-order chi connectivity index (χ0) is 13.0. The van der Waals surface area contributed by atoms with Crippen LogP contribution in [0.15, 0.2) is 30.3 Å². The predicted octanol–water partition coefficient (Wildman–Crippen LogP) is 2.16. The van der Waals surface area contributed by atoms with Gasteiger partial charge in [-0.3, -0.25) is 0 Å². The first kappa shape index (κ1) is 12.5. The molecule has 0 atom stereocenters. The van der Waals surface area contributed by atoms with Crippen molar-refractivity contribution in [3.63, 3.8) is 0 Å². The van der Waals surface area contributed by atoms with Crippen LogP contribution in [0.3, 0.4) is 0 Å². The van der Waals surface area contributed by atoms with Gasteiger partial charge >= 0.3 is 0 Å². The molecule has 0 saturated heterocycles. The molecule has 0 spiro atoms. The molecule has 2 aromatic rings. The summed E-state index contributed by atoms with van der Waals surface area (Å²) in [5, 5.41) is 3.30. The fourth-order valence-electron chi connectivity index (χ4n) is 1.87. The number of nitrogens with one attached hydrogen (secondary N) is 1. The van der Waals surface area contributed by atoms with Gasteiger partial charge < -0.3 is 11.1 Å². The molecule has 0 bridgehead atoms. The molecule has 4 nitrogen and oxygen atoms in total. The summed E-state index contributed by atoms with van der Waals surface area (Å²) in [7, 11) is 0. The van der Waals surface area contributed by atoms with Crippen LogP contribution in [0.25, 0.3) is 0 Å². The number of nitrogens with two attached hydrogens (primary N) is 1. The van der Waals surface area contributed by atoms with Gasteiger partial charge in [-0.15, -0.1) is 0 Å². The molecule has 0 fully saturated rings. The van der Waals surface area contributed by atoms with Crippen molar-refractivity contribution in [2.75, 3.05) is 5.32 Å². The Labute approximate surface area is 107 Å². The number of hydrogen-bond donors (Lipinski definition) is 2. The monoisotopic (exact) mass is 242 g/mol. The maximum absolute atomic E-state index is 5.62. The third-order valence-corrected chi connectivity index (χ3v) is 2.67. The summed E-state index contributed by atoms with van der Waals surface area (Å²) >= 11 is 0. The fraction of sp³-hybridized carbons (Fsp3) is 0.286. The van der Waals surface area contributed by atoms with Crippen molar-refractivity contribution < 1.29 is 0 Å².